The molecule has 4 rings (SSSR count). The highest BCUT2D eigenvalue weighted by Gasteiger charge is 2.19. The topological polar surface area (TPSA) is 9.23 Å². The molecule has 0 saturated heterocycles. The van der Waals surface area contributed by atoms with Crippen LogP contribution in [0.3, 0.4) is 0 Å². The van der Waals surface area contributed by atoms with Crippen molar-refractivity contribution in [2.75, 3.05) is 0 Å². The van der Waals surface area contributed by atoms with Crippen LogP contribution in [-0.2, 0) is 0 Å². The molecule has 146 valence electrons. The molecule has 1 aliphatic carbocycles. The van der Waals surface area contributed by atoms with Crippen LogP contribution in [0.5, 0.6) is 5.75 Å². The van der Waals surface area contributed by atoms with Crippen LogP contribution in [0.4, 0.5) is 0 Å². The van der Waals surface area contributed by atoms with Gasteiger partial charge in [-0.2, -0.15) is 0 Å². The van der Waals surface area contributed by atoms with Crippen LogP contribution in [0.1, 0.15) is 44.7 Å². The number of hydrogen-bond acceptors (Lipinski definition) is 1. The predicted octanol–water partition coefficient (Wildman–Crippen LogP) is 7.77. The molecule has 0 saturated carbocycles. The maximum absolute atomic E-state index is 6.55. The van der Waals surface area contributed by atoms with Crippen LogP contribution in [-0.4, -0.2) is 6.10 Å². The van der Waals surface area contributed by atoms with Crippen molar-refractivity contribution >= 4 is 11.1 Å². The van der Waals surface area contributed by atoms with E-state index in [0.29, 0.717) is 0 Å². The van der Waals surface area contributed by atoms with Crippen molar-refractivity contribution in [3.05, 3.63) is 102 Å². The van der Waals surface area contributed by atoms with Gasteiger partial charge in [0.15, 0.2) is 0 Å². The molecule has 1 heterocycles. The van der Waals surface area contributed by atoms with Crippen molar-refractivity contribution in [3.8, 4) is 16.9 Å². The minimum absolute atomic E-state index is 0.123. The second-order valence-electron chi connectivity index (χ2n) is 7.95. The van der Waals surface area contributed by atoms with E-state index in [1.807, 2.05) is 0 Å². The van der Waals surface area contributed by atoms with E-state index in [4.69, 9.17) is 4.74 Å². The lowest BCUT2D eigenvalue weighted by Gasteiger charge is -2.22. The molecule has 0 amide bonds. The van der Waals surface area contributed by atoms with Gasteiger partial charge in [0.2, 0.25) is 0 Å². The van der Waals surface area contributed by atoms with E-state index in [1.165, 1.54) is 33.4 Å². The molecule has 1 heteroatoms. The van der Waals surface area contributed by atoms with Gasteiger partial charge in [0.05, 0.1) is 6.10 Å². The zero-order valence-corrected chi connectivity index (χ0v) is 17.5. The molecule has 0 radical (unpaired) electrons. The highest BCUT2D eigenvalue weighted by atomic mass is 16.5. The largest absolute Gasteiger partial charge is 0.489 e. The number of benzene rings is 2. The minimum atomic E-state index is 0.123. The molecule has 2 aromatic carbocycles. The maximum Gasteiger partial charge on any atom is 0.135 e. The van der Waals surface area contributed by atoms with Crippen molar-refractivity contribution in [2.45, 2.75) is 39.7 Å². The Kier molecular flexibility index (Phi) is 5.67. The SMILES string of the molecule is CC1=CC(c2cc(-c3ccccc3)cc3c2OC(C)C/C=C\C=C3C)=CC=CC1. The number of hydrogen-bond donors (Lipinski definition) is 0. The third-order valence-electron chi connectivity index (χ3n) is 5.45. The Morgan fingerprint density at radius 3 is 2.45 bits per heavy atom. The van der Waals surface area contributed by atoms with Crippen molar-refractivity contribution < 1.29 is 4.74 Å². The molecule has 0 fully saturated rings. The Labute approximate surface area is 174 Å². The Morgan fingerprint density at radius 1 is 0.862 bits per heavy atom. The summed E-state index contributed by atoms with van der Waals surface area (Å²) in [4.78, 5) is 0. The van der Waals surface area contributed by atoms with Crippen LogP contribution in [0.15, 0.2) is 90.6 Å². The van der Waals surface area contributed by atoms with Gasteiger partial charge in [-0.05, 0) is 61.6 Å². The molecule has 0 N–H and O–H groups in total. The smallest absolute Gasteiger partial charge is 0.135 e. The second kappa shape index (κ2) is 8.53. The zero-order valence-electron chi connectivity index (χ0n) is 17.5. The molecule has 29 heavy (non-hydrogen) atoms. The van der Waals surface area contributed by atoms with E-state index in [1.54, 1.807) is 0 Å². The number of fused-ring (bicyclic) bond motifs is 1. The second-order valence-corrected chi connectivity index (χ2v) is 7.95. The van der Waals surface area contributed by atoms with Crippen molar-refractivity contribution in [1.82, 2.24) is 0 Å². The summed E-state index contributed by atoms with van der Waals surface area (Å²) >= 11 is 0. The van der Waals surface area contributed by atoms with Gasteiger partial charge in [-0.25, -0.2) is 0 Å². The molecular formula is C28H28O. The van der Waals surface area contributed by atoms with Crippen LogP contribution in [0, 0.1) is 0 Å². The van der Waals surface area contributed by atoms with E-state index >= 15 is 0 Å². The van der Waals surface area contributed by atoms with Gasteiger partial charge >= 0.3 is 0 Å². The van der Waals surface area contributed by atoms with Gasteiger partial charge in [-0.1, -0.05) is 78.4 Å². The lowest BCUT2D eigenvalue weighted by Crippen LogP contribution is -2.13. The standard InChI is InChI=1S/C28H28O/c1-20-11-7-10-16-24(17-20)27-19-25(23-14-5-4-6-15-23)18-26-21(2)12-8-9-13-22(3)29-28(26)27/h4-10,12,14-19,22H,11,13H2,1-3H3/b9-8-,21-12?. The molecule has 0 bridgehead atoms. The Hall–Kier alpha value is -3.06. The van der Waals surface area contributed by atoms with Crippen LogP contribution in [0.2, 0.25) is 0 Å². The fourth-order valence-corrected chi connectivity index (χ4v) is 3.85. The quantitative estimate of drug-likeness (QED) is 0.517. The summed E-state index contributed by atoms with van der Waals surface area (Å²) in [5, 5.41) is 0. The van der Waals surface area contributed by atoms with Crippen molar-refractivity contribution in [2.24, 2.45) is 0 Å². The van der Waals surface area contributed by atoms with E-state index in [-0.39, 0.29) is 6.10 Å². The van der Waals surface area contributed by atoms with Crippen LogP contribution >= 0.6 is 0 Å². The maximum atomic E-state index is 6.55. The Morgan fingerprint density at radius 2 is 1.62 bits per heavy atom. The van der Waals surface area contributed by atoms with Gasteiger partial charge in [0.1, 0.15) is 5.75 Å². The molecular weight excluding hydrogens is 352 g/mol. The van der Waals surface area contributed by atoms with Crippen molar-refractivity contribution in [1.29, 1.82) is 0 Å². The Bertz CT molecular complexity index is 1050. The van der Waals surface area contributed by atoms with E-state index in [2.05, 4.69) is 106 Å². The van der Waals surface area contributed by atoms with Gasteiger partial charge in [0, 0.05) is 17.5 Å². The summed E-state index contributed by atoms with van der Waals surface area (Å²) in [6, 6.07) is 15.2. The molecule has 0 spiro atoms. The van der Waals surface area contributed by atoms with E-state index < -0.39 is 0 Å². The summed E-state index contributed by atoms with van der Waals surface area (Å²) in [5.41, 5.74) is 8.54. The number of rotatable bonds is 2. The molecule has 1 aliphatic heterocycles. The highest BCUT2D eigenvalue weighted by molar-refractivity contribution is 5.88. The molecule has 0 aromatic heterocycles. The minimum Gasteiger partial charge on any atom is -0.489 e. The first-order chi connectivity index (χ1) is 14.1. The van der Waals surface area contributed by atoms with Crippen molar-refractivity contribution in [3.63, 3.8) is 0 Å². The predicted molar refractivity (Wildman–Crippen MR) is 125 cm³/mol. The Balaban J connectivity index is 2.00. The van der Waals surface area contributed by atoms with Gasteiger partial charge in [0.25, 0.3) is 0 Å². The zero-order chi connectivity index (χ0) is 20.2. The molecule has 1 nitrogen and oxygen atoms in total. The lowest BCUT2D eigenvalue weighted by atomic mass is 9.91. The molecule has 1 atom stereocenters. The van der Waals surface area contributed by atoms with E-state index in [0.717, 1.165) is 24.2 Å². The van der Waals surface area contributed by atoms with Gasteiger partial charge in [-0.3, -0.25) is 0 Å². The summed E-state index contributed by atoms with van der Waals surface area (Å²) in [7, 11) is 0. The summed E-state index contributed by atoms with van der Waals surface area (Å²) in [6.07, 6.45) is 17.4. The van der Waals surface area contributed by atoms with E-state index in [9.17, 15) is 0 Å². The third kappa shape index (κ3) is 4.35. The lowest BCUT2D eigenvalue weighted by molar-refractivity contribution is 0.224. The first-order valence-corrected chi connectivity index (χ1v) is 10.4. The first kappa shape index (κ1) is 19.3. The average Bonchev–Trinajstić information content (AvgIpc) is 2.92. The molecule has 1 unspecified atom stereocenters. The van der Waals surface area contributed by atoms with Gasteiger partial charge < -0.3 is 4.74 Å². The monoisotopic (exact) mass is 380 g/mol. The fourth-order valence-electron chi connectivity index (χ4n) is 3.85. The van der Waals surface area contributed by atoms with Crippen LogP contribution in [0.25, 0.3) is 22.3 Å². The van der Waals surface area contributed by atoms with Crippen LogP contribution < -0.4 is 4.74 Å². The molecule has 2 aliphatic rings. The summed E-state index contributed by atoms with van der Waals surface area (Å²) in [6.45, 7) is 6.51. The first-order valence-electron chi connectivity index (χ1n) is 10.4. The van der Waals surface area contributed by atoms with Gasteiger partial charge in [-0.15, -0.1) is 0 Å². The number of ether oxygens (including phenoxy) is 1. The average molecular weight is 381 g/mol. The summed E-state index contributed by atoms with van der Waals surface area (Å²) < 4.78 is 6.55. The summed E-state index contributed by atoms with van der Waals surface area (Å²) in [5.74, 6) is 0.986. The fraction of sp³-hybridized carbons (Fsp3) is 0.214. The highest BCUT2D eigenvalue weighted by Crippen LogP contribution is 2.40. The number of allylic oxidation sites excluding steroid dienone is 9. The normalized spacial score (nSPS) is 20.0. The molecule has 2 aromatic rings. The third-order valence-corrected chi connectivity index (χ3v) is 5.45.